The molecule has 0 fully saturated rings. The SMILES string of the molecule is CC(C)Oc1ccc([C@H]2CC(=O)Nc3c(-c4ccccc4)csc32)cc1. The van der Waals surface area contributed by atoms with Gasteiger partial charge in [-0.2, -0.15) is 0 Å². The van der Waals surface area contributed by atoms with Gasteiger partial charge in [-0.1, -0.05) is 42.5 Å². The first-order valence-corrected chi connectivity index (χ1v) is 9.73. The minimum absolute atomic E-state index is 0.0700. The molecule has 1 atom stereocenters. The number of nitrogens with one attached hydrogen (secondary N) is 1. The smallest absolute Gasteiger partial charge is 0.225 e. The highest BCUT2D eigenvalue weighted by Gasteiger charge is 2.30. The van der Waals surface area contributed by atoms with Crippen LogP contribution >= 0.6 is 11.3 Å². The van der Waals surface area contributed by atoms with Gasteiger partial charge < -0.3 is 10.1 Å². The Morgan fingerprint density at radius 1 is 1.08 bits per heavy atom. The molecule has 3 nitrogen and oxygen atoms in total. The number of carbonyl (C=O) groups is 1. The molecule has 3 aromatic rings. The molecule has 0 aliphatic carbocycles. The van der Waals surface area contributed by atoms with E-state index < -0.39 is 0 Å². The molecule has 1 aromatic heterocycles. The lowest BCUT2D eigenvalue weighted by molar-refractivity contribution is -0.116. The second-order valence-electron chi connectivity index (χ2n) is 6.80. The van der Waals surface area contributed by atoms with Gasteiger partial charge in [-0.05, 0) is 37.1 Å². The molecule has 132 valence electrons. The lowest BCUT2D eigenvalue weighted by Gasteiger charge is -2.24. The predicted octanol–water partition coefficient (Wildman–Crippen LogP) is 5.68. The summed E-state index contributed by atoms with van der Waals surface area (Å²) in [6, 6.07) is 18.3. The van der Waals surface area contributed by atoms with Gasteiger partial charge in [0.25, 0.3) is 0 Å². The number of ether oxygens (including phenoxy) is 1. The molecule has 26 heavy (non-hydrogen) atoms. The zero-order valence-electron chi connectivity index (χ0n) is 14.9. The fourth-order valence-corrected chi connectivity index (χ4v) is 4.54. The topological polar surface area (TPSA) is 38.3 Å². The van der Waals surface area contributed by atoms with Gasteiger partial charge in [-0.25, -0.2) is 0 Å². The predicted molar refractivity (Wildman–Crippen MR) is 107 cm³/mol. The maximum Gasteiger partial charge on any atom is 0.225 e. The molecular weight excluding hydrogens is 342 g/mol. The first-order valence-electron chi connectivity index (χ1n) is 8.85. The number of hydrogen-bond acceptors (Lipinski definition) is 3. The molecule has 4 heteroatoms. The van der Waals surface area contributed by atoms with Crippen LogP contribution in [0.25, 0.3) is 11.1 Å². The van der Waals surface area contributed by atoms with E-state index in [1.54, 1.807) is 11.3 Å². The summed E-state index contributed by atoms with van der Waals surface area (Å²) in [6.45, 7) is 4.03. The van der Waals surface area contributed by atoms with E-state index in [1.165, 1.54) is 4.88 Å². The summed E-state index contributed by atoms with van der Waals surface area (Å²) >= 11 is 1.72. The van der Waals surface area contributed by atoms with Crippen LogP contribution < -0.4 is 10.1 Å². The lowest BCUT2D eigenvalue weighted by Crippen LogP contribution is -2.22. The highest BCUT2D eigenvalue weighted by atomic mass is 32.1. The van der Waals surface area contributed by atoms with Crippen molar-refractivity contribution in [2.75, 3.05) is 5.32 Å². The maximum absolute atomic E-state index is 12.4. The maximum atomic E-state index is 12.4. The highest BCUT2D eigenvalue weighted by Crippen LogP contribution is 2.46. The Balaban J connectivity index is 1.70. The number of rotatable bonds is 4. The second kappa shape index (κ2) is 6.96. The standard InChI is InChI=1S/C22H21NO2S/c1-14(2)25-17-10-8-16(9-11-17)18-12-20(24)23-21-19(13-26-22(18)21)15-6-4-3-5-7-15/h3-11,13-14,18H,12H2,1-2H3,(H,23,24)/t18-/m1/s1. The van der Waals surface area contributed by atoms with Crippen LogP contribution in [0.4, 0.5) is 5.69 Å². The van der Waals surface area contributed by atoms with E-state index in [0.29, 0.717) is 6.42 Å². The van der Waals surface area contributed by atoms with E-state index in [4.69, 9.17) is 4.74 Å². The molecule has 1 aliphatic rings. The summed E-state index contributed by atoms with van der Waals surface area (Å²) in [4.78, 5) is 13.6. The average molecular weight is 363 g/mol. The molecule has 1 aliphatic heterocycles. The van der Waals surface area contributed by atoms with Crippen molar-refractivity contribution in [2.45, 2.75) is 32.3 Å². The van der Waals surface area contributed by atoms with Crippen LogP contribution in [-0.4, -0.2) is 12.0 Å². The van der Waals surface area contributed by atoms with Crippen molar-refractivity contribution >= 4 is 22.9 Å². The van der Waals surface area contributed by atoms with Crippen molar-refractivity contribution in [3.63, 3.8) is 0 Å². The molecule has 1 N–H and O–H groups in total. The summed E-state index contributed by atoms with van der Waals surface area (Å²) in [7, 11) is 0. The van der Waals surface area contributed by atoms with Crippen molar-refractivity contribution in [1.29, 1.82) is 0 Å². The normalized spacial score (nSPS) is 16.3. The third-order valence-corrected chi connectivity index (χ3v) is 5.63. The number of benzene rings is 2. The highest BCUT2D eigenvalue weighted by molar-refractivity contribution is 7.11. The Morgan fingerprint density at radius 2 is 1.81 bits per heavy atom. The van der Waals surface area contributed by atoms with E-state index in [2.05, 4.69) is 35.0 Å². The Bertz CT molecular complexity index is 913. The fourth-order valence-electron chi connectivity index (χ4n) is 3.38. The molecule has 2 aromatic carbocycles. The number of thiophene rings is 1. The third kappa shape index (κ3) is 3.25. The van der Waals surface area contributed by atoms with Gasteiger partial charge in [0, 0.05) is 28.2 Å². The molecule has 0 radical (unpaired) electrons. The Morgan fingerprint density at radius 3 is 2.50 bits per heavy atom. The summed E-state index contributed by atoms with van der Waals surface area (Å²) in [6.07, 6.45) is 0.630. The Kier molecular flexibility index (Phi) is 4.51. The fraction of sp³-hybridized carbons (Fsp3) is 0.227. The van der Waals surface area contributed by atoms with Gasteiger partial charge in [-0.3, -0.25) is 4.79 Å². The molecule has 0 unspecified atom stereocenters. The van der Waals surface area contributed by atoms with Crippen molar-refractivity contribution in [2.24, 2.45) is 0 Å². The number of fused-ring (bicyclic) bond motifs is 1. The summed E-state index contributed by atoms with van der Waals surface area (Å²) in [5.74, 6) is 1.02. The van der Waals surface area contributed by atoms with E-state index >= 15 is 0 Å². The largest absolute Gasteiger partial charge is 0.491 e. The molecule has 0 saturated carbocycles. The van der Waals surface area contributed by atoms with E-state index in [-0.39, 0.29) is 17.9 Å². The van der Waals surface area contributed by atoms with Crippen LogP contribution in [0.5, 0.6) is 5.75 Å². The number of amides is 1. The van der Waals surface area contributed by atoms with Crippen molar-refractivity contribution in [1.82, 2.24) is 0 Å². The zero-order valence-corrected chi connectivity index (χ0v) is 15.7. The van der Waals surface area contributed by atoms with Crippen LogP contribution in [0.2, 0.25) is 0 Å². The van der Waals surface area contributed by atoms with Gasteiger partial charge in [-0.15, -0.1) is 11.3 Å². The Labute approximate surface area is 157 Å². The van der Waals surface area contributed by atoms with Gasteiger partial charge in [0.15, 0.2) is 0 Å². The molecule has 1 amide bonds. The monoisotopic (exact) mass is 363 g/mol. The zero-order chi connectivity index (χ0) is 18.1. The molecule has 2 heterocycles. The van der Waals surface area contributed by atoms with Gasteiger partial charge in [0.2, 0.25) is 5.91 Å². The quantitative estimate of drug-likeness (QED) is 0.648. The third-order valence-electron chi connectivity index (χ3n) is 4.53. The first kappa shape index (κ1) is 16.9. The summed E-state index contributed by atoms with van der Waals surface area (Å²) < 4.78 is 5.73. The van der Waals surface area contributed by atoms with Crippen LogP contribution in [0.3, 0.4) is 0 Å². The van der Waals surface area contributed by atoms with Crippen LogP contribution in [0, 0.1) is 0 Å². The lowest BCUT2D eigenvalue weighted by atomic mass is 9.89. The van der Waals surface area contributed by atoms with Crippen molar-refractivity contribution in [3.05, 3.63) is 70.4 Å². The molecule has 0 spiro atoms. The summed E-state index contributed by atoms with van der Waals surface area (Å²) in [5.41, 5.74) is 4.35. The van der Waals surface area contributed by atoms with Crippen LogP contribution in [0.15, 0.2) is 60.0 Å². The van der Waals surface area contributed by atoms with Crippen molar-refractivity contribution in [3.8, 4) is 16.9 Å². The van der Waals surface area contributed by atoms with E-state index in [0.717, 1.165) is 28.1 Å². The van der Waals surface area contributed by atoms with Crippen LogP contribution in [-0.2, 0) is 4.79 Å². The van der Waals surface area contributed by atoms with E-state index in [9.17, 15) is 4.79 Å². The number of hydrogen-bond donors (Lipinski definition) is 1. The first-order chi connectivity index (χ1) is 12.6. The molecular formula is C22H21NO2S. The molecule has 0 saturated heterocycles. The van der Waals surface area contributed by atoms with E-state index in [1.807, 2.05) is 44.2 Å². The molecule has 4 rings (SSSR count). The molecule has 0 bridgehead atoms. The average Bonchev–Trinajstić information content (AvgIpc) is 3.05. The van der Waals surface area contributed by atoms with Crippen molar-refractivity contribution < 1.29 is 9.53 Å². The van der Waals surface area contributed by atoms with Gasteiger partial charge in [0.05, 0.1) is 11.8 Å². The minimum Gasteiger partial charge on any atom is -0.491 e. The number of carbonyl (C=O) groups excluding carboxylic acids is 1. The minimum atomic E-state index is 0.0700. The van der Waals surface area contributed by atoms with Gasteiger partial charge >= 0.3 is 0 Å². The summed E-state index contributed by atoms with van der Waals surface area (Å²) in [5, 5.41) is 5.24. The van der Waals surface area contributed by atoms with Crippen LogP contribution in [0.1, 0.15) is 36.6 Å². The van der Waals surface area contributed by atoms with Gasteiger partial charge in [0.1, 0.15) is 5.75 Å². The second-order valence-corrected chi connectivity index (χ2v) is 7.71. The number of anilines is 1. The Hall–Kier alpha value is -2.59.